The molecule has 0 bridgehead atoms. The highest BCUT2D eigenvalue weighted by Gasteiger charge is 2.18. The summed E-state index contributed by atoms with van der Waals surface area (Å²) in [5.41, 5.74) is 11.2. The van der Waals surface area contributed by atoms with Crippen LogP contribution in [0, 0.1) is 11.3 Å². The molecule has 1 heterocycles. The molecule has 1 aromatic rings. The van der Waals surface area contributed by atoms with Crippen LogP contribution in [0.1, 0.15) is 11.7 Å². The standard InChI is InChI=1S/C8H10N4O2/c9-2-6(13)7(14)4-1-5(10)8(11)12-3-4/h1,3,6-7,13-14H,10H2,(H2,11,12). The van der Waals surface area contributed by atoms with Crippen molar-refractivity contribution in [1.82, 2.24) is 4.98 Å². The Morgan fingerprint density at radius 3 is 2.57 bits per heavy atom. The van der Waals surface area contributed by atoms with E-state index in [9.17, 15) is 5.11 Å². The minimum atomic E-state index is -1.50. The van der Waals surface area contributed by atoms with E-state index in [1.807, 2.05) is 0 Å². The summed E-state index contributed by atoms with van der Waals surface area (Å²) in [5, 5.41) is 26.8. The second-order valence-corrected chi connectivity index (χ2v) is 2.76. The van der Waals surface area contributed by atoms with Crippen LogP contribution in [0.25, 0.3) is 0 Å². The van der Waals surface area contributed by atoms with Crippen LogP contribution in [0.15, 0.2) is 12.3 Å². The van der Waals surface area contributed by atoms with Gasteiger partial charge in [0.2, 0.25) is 0 Å². The van der Waals surface area contributed by atoms with E-state index in [1.165, 1.54) is 18.3 Å². The molecule has 2 unspecified atom stereocenters. The molecular formula is C8H10N4O2. The molecule has 0 spiro atoms. The molecule has 74 valence electrons. The second-order valence-electron chi connectivity index (χ2n) is 2.76. The molecule has 0 fully saturated rings. The summed E-state index contributed by atoms with van der Waals surface area (Å²) in [7, 11) is 0. The van der Waals surface area contributed by atoms with E-state index in [2.05, 4.69) is 4.98 Å². The number of hydrogen-bond donors (Lipinski definition) is 4. The molecule has 0 aromatic carbocycles. The third-order valence-corrected chi connectivity index (χ3v) is 1.74. The maximum atomic E-state index is 9.40. The Morgan fingerprint density at radius 2 is 2.07 bits per heavy atom. The fraction of sp³-hybridized carbons (Fsp3) is 0.250. The maximum absolute atomic E-state index is 9.40. The van der Waals surface area contributed by atoms with Crippen molar-refractivity contribution in [1.29, 1.82) is 5.26 Å². The molecule has 2 atom stereocenters. The van der Waals surface area contributed by atoms with E-state index < -0.39 is 12.2 Å². The van der Waals surface area contributed by atoms with Crippen LogP contribution in [0.2, 0.25) is 0 Å². The quantitative estimate of drug-likeness (QED) is 0.454. The molecule has 0 amide bonds. The molecule has 0 radical (unpaired) electrons. The number of aliphatic hydroxyl groups is 2. The monoisotopic (exact) mass is 194 g/mol. The van der Waals surface area contributed by atoms with Crippen molar-refractivity contribution in [3.8, 4) is 6.07 Å². The zero-order chi connectivity index (χ0) is 10.7. The number of anilines is 2. The lowest BCUT2D eigenvalue weighted by Gasteiger charge is -2.12. The summed E-state index contributed by atoms with van der Waals surface area (Å²) in [6, 6.07) is 2.87. The van der Waals surface area contributed by atoms with Gasteiger partial charge in [0.15, 0.2) is 6.10 Å². The summed E-state index contributed by atoms with van der Waals surface area (Å²) < 4.78 is 0. The van der Waals surface area contributed by atoms with Gasteiger partial charge < -0.3 is 21.7 Å². The molecule has 0 aliphatic rings. The van der Waals surface area contributed by atoms with Crippen LogP contribution in [-0.2, 0) is 0 Å². The molecule has 6 N–H and O–H groups in total. The van der Waals surface area contributed by atoms with Gasteiger partial charge in [0.25, 0.3) is 0 Å². The molecule has 0 saturated carbocycles. The molecule has 1 rings (SSSR count). The van der Waals surface area contributed by atoms with E-state index in [-0.39, 0.29) is 17.1 Å². The van der Waals surface area contributed by atoms with Gasteiger partial charge in [-0.1, -0.05) is 0 Å². The Labute approximate surface area is 80.4 Å². The van der Waals surface area contributed by atoms with Gasteiger partial charge in [-0.15, -0.1) is 0 Å². The Balaban J connectivity index is 2.98. The number of hydrogen-bond acceptors (Lipinski definition) is 6. The first-order chi connectivity index (χ1) is 6.56. The molecule has 0 aliphatic carbocycles. The minimum absolute atomic E-state index is 0.146. The Bertz CT molecular complexity index is 374. The predicted octanol–water partition coefficient (Wildman–Crippen LogP) is -0.836. The number of aromatic nitrogens is 1. The fourth-order valence-corrected chi connectivity index (χ4v) is 0.924. The number of rotatable bonds is 2. The number of nitrogens with zero attached hydrogens (tertiary/aromatic N) is 2. The summed E-state index contributed by atoms with van der Waals surface area (Å²) >= 11 is 0. The Hall–Kier alpha value is -1.84. The van der Waals surface area contributed by atoms with E-state index in [4.69, 9.17) is 21.8 Å². The summed E-state index contributed by atoms with van der Waals surface area (Å²) in [4.78, 5) is 3.69. The molecule has 6 heteroatoms. The average Bonchev–Trinajstić information content (AvgIpc) is 2.20. The van der Waals surface area contributed by atoms with Gasteiger partial charge in [0.05, 0.1) is 11.8 Å². The Morgan fingerprint density at radius 1 is 1.43 bits per heavy atom. The van der Waals surface area contributed by atoms with Gasteiger partial charge in [-0.3, -0.25) is 0 Å². The van der Waals surface area contributed by atoms with Gasteiger partial charge in [0, 0.05) is 11.8 Å². The number of aliphatic hydroxyl groups excluding tert-OH is 2. The van der Waals surface area contributed by atoms with Crippen LogP contribution in [0.4, 0.5) is 11.5 Å². The lowest BCUT2D eigenvalue weighted by molar-refractivity contribution is 0.0526. The van der Waals surface area contributed by atoms with Crippen LogP contribution >= 0.6 is 0 Å². The number of nitriles is 1. The molecule has 0 saturated heterocycles. The number of nitrogen functional groups attached to an aromatic ring is 2. The van der Waals surface area contributed by atoms with Crippen molar-refractivity contribution in [2.24, 2.45) is 0 Å². The van der Waals surface area contributed by atoms with Crippen LogP contribution in [-0.4, -0.2) is 21.3 Å². The van der Waals surface area contributed by atoms with E-state index >= 15 is 0 Å². The molecule has 0 aliphatic heterocycles. The topological polar surface area (TPSA) is 129 Å². The number of pyridine rings is 1. The molecular weight excluding hydrogens is 184 g/mol. The normalized spacial score (nSPS) is 14.4. The van der Waals surface area contributed by atoms with Crippen LogP contribution in [0.3, 0.4) is 0 Å². The van der Waals surface area contributed by atoms with Crippen molar-refractivity contribution in [3.05, 3.63) is 17.8 Å². The van der Waals surface area contributed by atoms with Crippen LogP contribution in [0.5, 0.6) is 0 Å². The first-order valence-corrected chi connectivity index (χ1v) is 3.83. The van der Waals surface area contributed by atoms with Crippen molar-refractivity contribution in [3.63, 3.8) is 0 Å². The highest BCUT2D eigenvalue weighted by Crippen LogP contribution is 2.20. The van der Waals surface area contributed by atoms with Crippen molar-refractivity contribution >= 4 is 11.5 Å². The lowest BCUT2D eigenvalue weighted by Crippen LogP contribution is -2.16. The minimum Gasteiger partial charge on any atom is -0.396 e. The van der Waals surface area contributed by atoms with E-state index in [0.717, 1.165) is 0 Å². The van der Waals surface area contributed by atoms with Gasteiger partial charge in [-0.25, -0.2) is 4.98 Å². The lowest BCUT2D eigenvalue weighted by atomic mass is 10.1. The zero-order valence-corrected chi connectivity index (χ0v) is 7.25. The third kappa shape index (κ3) is 1.90. The largest absolute Gasteiger partial charge is 0.396 e. The molecule has 6 nitrogen and oxygen atoms in total. The highest BCUT2D eigenvalue weighted by molar-refractivity contribution is 5.58. The van der Waals surface area contributed by atoms with Gasteiger partial charge in [-0.2, -0.15) is 5.26 Å². The fourth-order valence-electron chi connectivity index (χ4n) is 0.924. The second kappa shape index (κ2) is 3.91. The Kier molecular flexibility index (Phi) is 2.86. The third-order valence-electron chi connectivity index (χ3n) is 1.74. The highest BCUT2D eigenvalue weighted by atomic mass is 16.3. The van der Waals surface area contributed by atoms with E-state index in [1.54, 1.807) is 0 Å². The predicted molar refractivity (Wildman–Crippen MR) is 49.6 cm³/mol. The SMILES string of the molecule is N#CC(O)C(O)c1cnc(N)c(N)c1. The van der Waals surface area contributed by atoms with E-state index in [0.29, 0.717) is 0 Å². The first kappa shape index (κ1) is 10.2. The smallest absolute Gasteiger partial charge is 0.170 e. The van der Waals surface area contributed by atoms with Crippen molar-refractivity contribution < 1.29 is 10.2 Å². The zero-order valence-electron chi connectivity index (χ0n) is 7.25. The maximum Gasteiger partial charge on any atom is 0.170 e. The average molecular weight is 194 g/mol. The van der Waals surface area contributed by atoms with Gasteiger partial charge >= 0.3 is 0 Å². The first-order valence-electron chi connectivity index (χ1n) is 3.83. The summed E-state index contributed by atoms with van der Waals surface area (Å²) in [5.74, 6) is 0.146. The molecule has 14 heavy (non-hydrogen) atoms. The van der Waals surface area contributed by atoms with Crippen molar-refractivity contribution in [2.45, 2.75) is 12.2 Å². The van der Waals surface area contributed by atoms with Gasteiger partial charge in [-0.05, 0) is 6.07 Å². The van der Waals surface area contributed by atoms with Crippen molar-refractivity contribution in [2.75, 3.05) is 11.5 Å². The summed E-state index contributed by atoms with van der Waals surface area (Å²) in [6.07, 6.45) is -1.56. The molecule has 1 aromatic heterocycles. The number of nitrogens with two attached hydrogens (primary N) is 2. The van der Waals surface area contributed by atoms with Crippen LogP contribution < -0.4 is 11.5 Å². The van der Waals surface area contributed by atoms with Gasteiger partial charge in [0.1, 0.15) is 11.9 Å². The summed E-state index contributed by atoms with van der Waals surface area (Å²) in [6.45, 7) is 0.